The third-order valence-electron chi connectivity index (χ3n) is 15.5. The number of nitrogens with zero attached hydrogens (tertiary/aromatic N) is 12. The zero-order valence-electron chi connectivity index (χ0n) is 49.0. The Balaban J connectivity index is 0.000000146. The van der Waals surface area contributed by atoms with Crippen LogP contribution in [-0.2, 0) is 46.0 Å². The van der Waals surface area contributed by atoms with Gasteiger partial charge in [0.05, 0.1) is 102 Å². The molecule has 0 atom stereocenters. The maximum Gasteiger partial charge on any atom is 0.498 e. The number of benzene rings is 4. The van der Waals surface area contributed by atoms with Crippen molar-refractivity contribution in [3.8, 4) is 45.4 Å². The van der Waals surface area contributed by atoms with Crippen molar-refractivity contribution in [3.63, 3.8) is 0 Å². The van der Waals surface area contributed by atoms with Crippen LogP contribution in [0.5, 0.6) is 11.5 Å². The minimum atomic E-state index is -0.302. The third kappa shape index (κ3) is 14.9. The van der Waals surface area contributed by atoms with Crippen LogP contribution in [0.25, 0.3) is 54.3 Å². The lowest BCUT2D eigenvalue weighted by atomic mass is 9.82. The molecular formula is C62H68BBrN12O8S2. The van der Waals surface area contributed by atoms with Crippen LogP contribution in [0.1, 0.15) is 38.8 Å². The van der Waals surface area contributed by atoms with Gasteiger partial charge < -0.3 is 28.3 Å². The van der Waals surface area contributed by atoms with Crippen LogP contribution in [-0.4, -0.2) is 156 Å². The van der Waals surface area contributed by atoms with Crippen LogP contribution in [0.15, 0.2) is 149 Å². The van der Waals surface area contributed by atoms with Crippen molar-refractivity contribution in [2.45, 2.75) is 52.0 Å². The van der Waals surface area contributed by atoms with E-state index < -0.39 is 0 Å². The van der Waals surface area contributed by atoms with Crippen molar-refractivity contribution in [2.24, 2.45) is 14.1 Å². The summed E-state index contributed by atoms with van der Waals surface area (Å²) in [6, 6.07) is 28.0. The van der Waals surface area contributed by atoms with Crippen molar-refractivity contribution in [2.75, 3.05) is 78.9 Å². The number of ether oxygens (including phenoxy) is 4. The van der Waals surface area contributed by atoms with E-state index in [2.05, 4.69) is 61.9 Å². The van der Waals surface area contributed by atoms with Gasteiger partial charge in [-0.2, -0.15) is 10.2 Å². The van der Waals surface area contributed by atoms with Crippen molar-refractivity contribution in [1.82, 2.24) is 58.4 Å². The molecular weight excluding hydrogens is 1200 g/mol. The summed E-state index contributed by atoms with van der Waals surface area (Å²) in [5.41, 5.74) is 8.12. The highest BCUT2D eigenvalue weighted by atomic mass is 79.9. The Labute approximate surface area is 515 Å². The van der Waals surface area contributed by atoms with Crippen LogP contribution >= 0.6 is 38.6 Å². The molecule has 3 fully saturated rings. The Morgan fingerprint density at radius 2 is 1.03 bits per heavy atom. The number of halogens is 1. The van der Waals surface area contributed by atoms with Gasteiger partial charge in [-0.3, -0.25) is 37.9 Å². The van der Waals surface area contributed by atoms with Gasteiger partial charge in [-0.1, -0.05) is 81.1 Å². The molecule has 9 heterocycles. The van der Waals surface area contributed by atoms with Gasteiger partial charge in [0.15, 0.2) is 23.1 Å². The van der Waals surface area contributed by atoms with E-state index in [-0.39, 0.29) is 28.1 Å². The minimum Gasteiger partial charge on any atom is -0.489 e. The molecule has 3 aliphatic rings. The van der Waals surface area contributed by atoms with Crippen LogP contribution in [0.2, 0.25) is 0 Å². The zero-order valence-corrected chi connectivity index (χ0v) is 52.2. The van der Waals surface area contributed by atoms with Gasteiger partial charge in [0.1, 0.15) is 13.2 Å². The normalized spacial score (nSPS) is 16.0. The number of morpholine rings is 2. The van der Waals surface area contributed by atoms with E-state index in [1.165, 1.54) is 22.7 Å². The van der Waals surface area contributed by atoms with Gasteiger partial charge in [-0.05, 0) is 86.8 Å². The molecule has 0 amide bonds. The number of aromatic nitrogens is 10. The summed E-state index contributed by atoms with van der Waals surface area (Å²) in [6.07, 6.45) is 14.4. The Bertz CT molecular complexity index is 4010. The molecule has 24 heteroatoms. The SMILES string of the molecule is Cn1cc(-c2ccc3sc(=O)n(Cc4cccc(-c5ncc(OCCN6CCOCC6)cn5)c4)c3c2)cn1.Cn1cc(B2OC(C)(C)C(C)(C)O2)cn1.O=c1sc2ccc(Br)cc2n1Cc1cccc(-c2ncc(OCCN3CCOCC3)cn2)c1. The first-order chi connectivity index (χ1) is 41.6. The van der Waals surface area contributed by atoms with E-state index in [0.717, 1.165) is 129 Å². The van der Waals surface area contributed by atoms with Crippen molar-refractivity contribution in [3.05, 3.63) is 169 Å². The average molecular weight is 1260 g/mol. The largest absolute Gasteiger partial charge is 0.498 e. The number of fused-ring (bicyclic) bond motifs is 2. The van der Waals surface area contributed by atoms with E-state index in [4.69, 9.17) is 28.3 Å². The second-order valence-corrected chi connectivity index (χ2v) is 25.0. The maximum atomic E-state index is 12.9. The first kappa shape index (κ1) is 60.4. The van der Waals surface area contributed by atoms with Gasteiger partial charge in [0, 0.05) is 98.6 Å². The predicted octanol–water partition coefficient (Wildman–Crippen LogP) is 8.44. The van der Waals surface area contributed by atoms with Gasteiger partial charge in [0.25, 0.3) is 0 Å². The highest BCUT2D eigenvalue weighted by Gasteiger charge is 2.52. The standard InChI is InChI=1S/C28H28N6O3S.C24H23BrN4O3S.C10H17BN2O2/c1-32-19-23(15-31-32)21-5-6-26-25(14-21)34(28(35)38-26)18-20-3-2-4-22(13-20)27-29-16-24(17-30-27)37-12-9-33-7-10-36-11-8-33;25-19-4-5-22-21(13-19)29(24(30)33-22)16-17-2-1-3-18(12-17)23-26-14-20(15-27-23)32-11-8-28-6-9-31-10-7-28;1-9(2)10(3,4)15-11(14-9)8-6-12-13(5)7-8/h2-6,13-17,19H,7-12,18H2,1H3;1-5,12-15H,6-11,16H2;6-7H,1-5H3. The number of hydrogen-bond donors (Lipinski definition) is 0. The summed E-state index contributed by atoms with van der Waals surface area (Å²) in [5, 5.41) is 8.38. The molecule has 0 bridgehead atoms. The molecule has 0 radical (unpaired) electrons. The fraction of sp³-hybridized carbons (Fsp3) is 0.355. The Hall–Kier alpha value is -7.26. The number of hydrogen-bond acceptors (Lipinski definition) is 18. The molecule has 0 spiro atoms. The van der Waals surface area contributed by atoms with Gasteiger partial charge in [0.2, 0.25) is 0 Å². The number of rotatable bonds is 16. The molecule has 0 unspecified atom stereocenters. The number of aryl methyl sites for hydroxylation is 2. The molecule has 3 aliphatic heterocycles. The van der Waals surface area contributed by atoms with Crippen LogP contribution in [0, 0.1) is 0 Å². The van der Waals surface area contributed by atoms with E-state index in [1.54, 1.807) is 44.9 Å². The van der Waals surface area contributed by atoms with Gasteiger partial charge in [-0.15, -0.1) is 0 Å². The summed E-state index contributed by atoms with van der Waals surface area (Å²) in [7, 11) is 3.48. The molecule has 0 saturated carbocycles. The first-order valence-electron chi connectivity index (χ1n) is 28.5. The van der Waals surface area contributed by atoms with Crippen molar-refractivity contribution in [1.29, 1.82) is 0 Å². The van der Waals surface area contributed by atoms with Crippen LogP contribution in [0.3, 0.4) is 0 Å². The molecule has 10 aromatic rings. The van der Waals surface area contributed by atoms with Crippen molar-refractivity contribution < 1.29 is 28.3 Å². The van der Waals surface area contributed by atoms with Gasteiger partial charge in [-0.25, -0.2) is 19.9 Å². The summed E-state index contributed by atoms with van der Waals surface area (Å²) >= 11 is 6.03. The number of thiazole rings is 2. The highest BCUT2D eigenvalue weighted by molar-refractivity contribution is 9.10. The van der Waals surface area contributed by atoms with E-state index >= 15 is 0 Å². The summed E-state index contributed by atoms with van der Waals surface area (Å²) in [6.45, 7) is 18.9. The topological polar surface area (TPSA) is 193 Å². The fourth-order valence-electron chi connectivity index (χ4n) is 9.98. The summed E-state index contributed by atoms with van der Waals surface area (Å²) in [5.74, 6) is 2.56. The van der Waals surface area contributed by atoms with E-state index in [0.29, 0.717) is 49.5 Å². The molecule has 446 valence electrons. The van der Waals surface area contributed by atoms with Crippen molar-refractivity contribution >= 4 is 71.6 Å². The lowest BCUT2D eigenvalue weighted by Gasteiger charge is -2.32. The van der Waals surface area contributed by atoms with Gasteiger partial charge >= 0.3 is 16.9 Å². The summed E-state index contributed by atoms with van der Waals surface area (Å²) in [4.78, 5) is 48.2. The van der Waals surface area contributed by atoms with Crippen LogP contribution < -0.4 is 24.7 Å². The van der Waals surface area contributed by atoms with E-state index in [1.807, 2.05) is 144 Å². The van der Waals surface area contributed by atoms with E-state index in [9.17, 15) is 9.59 Å². The molecule has 6 aromatic heterocycles. The second kappa shape index (κ2) is 27.2. The molecule has 3 saturated heterocycles. The lowest BCUT2D eigenvalue weighted by molar-refractivity contribution is 0.00578. The molecule has 4 aromatic carbocycles. The molecule has 86 heavy (non-hydrogen) atoms. The Morgan fingerprint density at radius 1 is 0.558 bits per heavy atom. The predicted molar refractivity (Wildman–Crippen MR) is 340 cm³/mol. The fourth-order valence-corrected chi connectivity index (χ4v) is 12.1. The first-order valence-corrected chi connectivity index (χ1v) is 31.0. The zero-order chi connectivity index (χ0) is 59.8. The average Bonchev–Trinajstić information content (AvgIpc) is 2.73. The monoisotopic (exact) mass is 1260 g/mol. The van der Waals surface area contributed by atoms with Crippen LogP contribution in [0.4, 0.5) is 0 Å². The minimum absolute atomic E-state index is 0.0172. The maximum absolute atomic E-state index is 12.9. The Kier molecular flexibility index (Phi) is 19.1. The molecule has 0 aliphatic carbocycles. The Morgan fingerprint density at radius 3 is 1.51 bits per heavy atom. The quantitative estimate of drug-likeness (QED) is 0.0836. The summed E-state index contributed by atoms with van der Waals surface area (Å²) < 4.78 is 44.2. The molecule has 0 N–H and O–H groups in total. The smallest absolute Gasteiger partial charge is 0.489 e. The second-order valence-electron chi connectivity index (χ2n) is 22.1. The third-order valence-corrected chi connectivity index (χ3v) is 17.9. The highest BCUT2D eigenvalue weighted by Crippen LogP contribution is 2.36. The lowest BCUT2D eigenvalue weighted by Crippen LogP contribution is -2.41. The molecule has 13 rings (SSSR count). The molecule has 20 nitrogen and oxygen atoms in total.